The minimum atomic E-state index is -1.90. The van der Waals surface area contributed by atoms with E-state index in [1.807, 2.05) is 6.08 Å². The van der Waals surface area contributed by atoms with Gasteiger partial charge < -0.3 is 8.85 Å². The number of hydrogen-bond acceptors (Lipinski definition) is 2. The second-order valence-electron chi connectivity index (χ2n) is 10.3. The van der Waals surface area contributed by atoms with E-state index in [1.54, 1.807) is 0 Å². The summed E-state index contributed by atoms with van der Waals surface area (Å²) in [5.41, 5.74) is 0. The van der Waals surface area contributed by atoms with E-state index in [1.165, 1.54) is 0 Å². The Bertz CT molecular complexity index is 476. The maximum Gasteiger partial charge on any atom is 0.192 e. The van der Waals surface area contributed by atoms with Crippen molar-refractivity contribution < 1.29 is 8.85 Å². The molecule has 25 heavy (non-hydrogen) atoms. The lowest BCUT2D eigenvalue weighted by molar-refractivity contribution is 0.0604. The molecule has 0 aromatic rings. The molecule has 0 fully saturated rings. The molecule has 146 valence electrons. The van der Waals surface area contributed by atoms with Crippen LogP contribution in [0.3, 0.4) is 0 Å². The van der Waals surface area contributed by atoms with Gasteiger partial charge in [-0.15, -0.1) is 18.9 Å². The van der Waals surface area contributed by atoms with Crippen molar-refractivity contribution >= 4 is 16.6 Å². The Kier molecular flexibility index (Phi) is 8.44. The largest absolute Gasteiger partial charge is 0.413 e. The normalized spacial score (nSPS) is 17.5. The Morgan fingerprint density at radius 3 is 1.68 bits per heavy atom. The monoisotopic (exact) mass is 382 g/mol. The molecule has 0 aliphatic carbocycles. The second kappa shape index (κ2) is 8.56. The Labute approximate surface area is 160 Å². The van der Waals surface area contributed by atoms with Crippen LogP contribution < -0.4 is 0 Å². The van der Waals surface area contributed by atoms with Crippen molar-refractivity contribution in [1.82, 2.24) is 0 Å². The zero-order chi connectivity index (χ0) is 20.3. The Balaban J connectivity index is 5.47. The summed E-state index contributed by atoms with van der Waals surface area (Å²) in [5, 5.41) is 0.319. The van der Waals surface area contributed by atoms with Crippen molar-refractivity contribution in [1.29, 1.82) is 0 Å². The van der Waals surface area contributed by atoms with Crippen LogP contribution in [0.25, 0.3) is 0 Å². The second-order valence-corrected chi connectivity index (χ2v) is 19.8. The van der Waals surface area contributed by atoms with Crippen LogP contribution in [0.2, 0.25) is 36.3 Å². The summed E-state index contributed by atoms with van der Waals surface area (Å²) in [5.74, 6) is 2.99. The van der Waals surface area contributed by atoms with E-state index in [-0.39, 0.29) is 28.2 Å². The van der Waals surface area contributed by atoms with E-state index in [9.17, 15) is 0 Å². The van der Waals surface area contributed by atoms with Crippen molar-refractivity contribution in [2.24, 2.45) is 5.92 Å². The maximum atomic E-state index is 6.67. The molecule has 0 saturated carbocycles. The fraction of sp³-hybridized carbons (Fsp3) is 0.810. The summed E-state index contributed by atoms with van der Waals surface area (Å²) < 4.78 is 13.3. The molecular formula is C21H42O2Si2. The zero-order valence-corrected chi connectivity index (χ0v) is 20.6. The first-order chi connectivity index (χ1) is 11.0. The van der Waals surface area contributed by atoms with Crippen LogP contribution in [0.15, 0.2) is 12.7 Å². The topological polar surface area (TPSA) is 18.5 Å². The minimum Gasteiger partial charge on any atom is -0.413 e. The third-order valence-corrected chi connectivity index (χ3v) is 15.1. The molecule has 0 spiro atoms. The molecule has 0 saturated heterocycles. The quantitative estimate of drug-likeness (QED) is 0.267. The van der Waals surface area contributed by atoms with Crippen LogP contribution in [-0.2, 0) is 8.85 Å². The number of terminal acetylenes is 1. The highest BCUT2D eigenvalue weighted by atomic mass is 28.4. The van der Waals surface area contributed by atoms with Crippen LogP contribution in [0.5, 0.6) is 0 Å². The van der Waals surface area contributed by atoms with Gasteiger partial charge in [-0.3, -0.25) is 0 Å². The predicted molar refractivity (Wildman–Crippen MR) is 117 cm³/mol. The Morgan fingerprint density at radius 2 is 1.36 bits per heavy atom. The number of hydrogen-bond donors (Lipinski definition) is 0. The third kappa shape index (κ3) is 6.71. The molecule has 0 N–H and O–H groups in total. The molecule has 0 aromatic carbocycles. The van der Waals surface area contributed by atoms with Crippen molar-refractivity contribution in [3.63, 3.8) is 0 Å². The summed E-state index contributed by atoms with van der Waals surface area (Å²) in [6.07, 6.45) is 8.17. The maximum absolute atomic E-state index is 6.67. The molecule has 0 amide bonds. The van der Waals surface area contributed by atoms with E-state index in [2.05, 4.69) is 87.2 Å². The van der Waals surface area contributed by atoms with Crippen molar-refractivity contribution in [3.8, 4) is 12.3 Å². The van der Waals surface area contributed by atoms with Crippen molar-refractivity contribution in [2.45, 2.75) is 103 Å². The molecule has 2 nitrogen and oxygen atoms in total. The SMILES string of the molecule is C#CC[C@H](O[Si](C)(C)C(C)(C)C)[C@@H](C)[C@H](C=C)O[Si](C)(C)C(C)(C)C. The molecular weight excluding hydrogens is 340 g/mol. The van der Waals surface area contributed by atoms with Crippen LogP contribution in [0.1, 0.15) is 54.9 Å². The van der Waals surface area contributed by atoms with E-state index >= 15 is 0 Å². The molecule has 0 unspecified atom stereocenters. The molecule has 4 heteroatoms. The predicted octanol–water partition coefficient (Wildman–Crippen LogP) is 6.61. The fourth-order valence-corrected chi connectivity index (χ4v) is 4.86. The minimum absolute atomic E-state index is 0.00124. The van der Waals surface area contributed by atoms with Crippen LogP contribution in [0.4, 0.5) is 0 Å². The molecule has 3 atom stereocenters. The lowest BCUT2D eigenvalue weighted by Gasteiger charge is -2.44. The van der Waals surface area contributed by atoms with Gasteiger partial charge in [0, 0.05) is 12.3 Å². The first kappa shape index (κ1) is 24.7. The average Bonchev–Trinajstić information content (AvgIpc) is 2.40. The first-order valence-corrected chi connectivity index (χ1v) is 15.2. The van der Waals surface area contributed by atoms with Crippen LogP contribution >= 0.6 is 0 Å². The summed E-state index contributed by atoms with van der Waals surface area (Å²) in [4.78, 5) is 0. The molecule has 0 aromatic heterocycles. The highest BCUT2D eigenvalue weighted by Crippen LogP contribution is 2.41. The van der Waals surface area contributed by atoms with E-state index < -0.39 is 16.6 Å². The lowest BCUT2D eigenvalue weighted by atomic mass is 9.96. The summed E-state index contributed by atoms with van der Waals surface area (Å²) in [6, 6.07) is 0. The Hall–Kier alpha value is -0.346. The van der Waals surface area contributed by atoms with E-state index in [0.717, 1.165) is 0 Å². The van der Waals surface area contributed by atoms with Gasteiger partial charge in [0.05, 0.1) is 12.2 Å². The van der Waals surface area contributed by atoms with Gasteiger partial charge in [-0.25, -0.2) is 0 Å². The molecule has 0 aliphatic rings. The van der Waals surface area contributed by atoms with Crippen LogP contribution in [0, 0.1) is 18.3 Å². The highest BCUT2D eigenvalue weighted by Gasteiger charge is 2.43. The smallest absolute Gasteiger partial charge is 0.192 e. The standard InChI is InChI=1S/C21H42O2Si2/c1-14-16-19(23-25(12,13)21(7,8)9)17(3)18(15-2)22-24(10,11)20(4,5)6/h1,15,17-19H,2,16H2,3-13H3/t17-,18-,19-/m0/s1. The van der Waals surface area contributed by atoms with Gasteiger partial charge in [0.2, 0.25) is 0 Å². The van der Waals surface area contributed by atoms with Gasteiger partial charge in [0.15, 0.2) is 16.6 Å². The fourth-order valence-electron chi connectivity index (χ4n) is 2.10. The zero-order valence-electron chi connectivity index (χ0n) is 18.6. The number of rotatable bonds is 8. The molecule has 0 aliphatic heterocycles. The van der Waals surface area contributed by atoms with Gasteiger partial charge >= 0.3 is 0 Å². The van der Waals surface area contributed by atoms with E-state index in [4.69, 9.17) is 15.3 Å². The molecule has 0 radical (unpaired) electrons. The summed E-state index contributed by atoms with van der Waals surface area (Å²) >= 11 is 0. The highest BCUT2D eigenvalue weighted by molar-refractivity contribution is 6.74. The summed E-state index contributed by atoms with van der Waals surface area (Å²) in [7, 11) is -3.78. The van der Waals surface area contributed by atoms with Crippen molar-refractivity contribution in [2.75, 3.05) is 0 Å². The third-order valence-electron chi connectivity index (χ3n) is 6.15. The molecule has 0 rings (SSSR count). The lowest BCUT2D eigenvalue weighted by Crippen LogP contribution is -2.50. The van der Waals surface area contributed by atoms with Crippen LogP contribution in [-0.4, -0.2) is 28.8 Å². The molecule has 0 bridgehead atoms. The Morgan fingerprint density at radius 1 is 0.960 bits per heavy atom. The average molecular weight is 383 g/mol. The van der Waals surface area contributed by atoms with Gasteiger partial charge in [0.25, 0.3) is 0 Å². The van der Waals surface area contributed by atoms with E-state index in [0.29, 0.717) is 6.42 Å². The first-order valence-electron chi connectivity index (χ1n) is 9.42. The van der Waals surface area contributed by atoms with Gasteiger partial charge in [-0.1, -0.05) is 54.5 Å². The molecule has 0 heterocycles. The van der Waals surface area contributed by atoms with Gasteiger partial charge in [-0.05, 0) is 36.3 Å². The van der Waals surface area contributed by atoms with Gasteiger partial charge in [-0.2, -0.15) is 0 Å². The van der Waals surface area contributed by atoms with Gasteiger partial charge in [0.1, 0.15) is 0 Å². The summed E-state index contributed by atoms with van der Waals surface area (Å²) in [6.45, 7) is 28.9. The van der Waals surface area contributed by atoms with Crippen molar-refractivity contribution in [3.05, 3.63) is 12.7 Å².